The summed E-state index contributed by atoms with van der Waals surface area (Å²) < 4.78 is 7.32. The Morgan fingerprint density at radius 3 is 2.26 bits per heavy atom. The minimum atomic E-state index is 0.00366. The van der Waals surface area contributed by atoms with Crippen molar-refractivity contribution in [3.63, 3.8) is 0 Å². The van der Waals surface area contributed by atoms with Crippen LogP contribution in [0.2, 0.25) is 0 Å². The Morgan fingerprint density at radius 1 is 0.968 bits per heavy atom. The van der Waals surface area contributed by atoms with Crippen molar-refractivity contribution in [2.24, 2.45) is 4.99 Å². The predicted molar refractivity (Wildman–Crippen MR) is 122 cm³/mol. The Balaban J connectivity index is 1.59. The van der Waals surface area contributed by atoms with Crippen LogP contribution in [0.1, 0.15) is 33.2 Å². The molecule has 1 aliphatic rings. The topological polar surface area (TPSA) is 72.5 Å². The van der Waals surface area contributed by atoms with Crippen molar-refractivity contribution in [2.45, 2.75) is 27.0 Å². The number of nitrogens with zero attached hydrogens (tertiary/aromatic N) is 4. The minimum Gasteiger partial charge on any atom is -0.497 e. The molecule has 1 aliphatic heterocycles. The van der Waals surface area contributed by atoms with Gasteiger partial charge in [0.05, 0.1) is 19.4 Å². The lowest BCUT2D eigenvalue weighted by atomic mass is 9.97. The zero-order valence-electron chi connectivity index (χ0n) is 17.6. The van der Waals surface area contributed by atoms with E-state index in [2.05, 4.69) is 51.2 Å². The van der Waals surface area contributed by atoms with E-state index in [0.717, 1.165) is 60.8 Å². The third-order valence-electron chi connectivity index (χ3n) is 5.66. The molecule has 0 aliphatic carbocycles. The first-order valence-corrected chi connectivity index (χ1v) is 10.9. The smallest absolute Gasteiger partial charge is 0.160 e. The predicted octanol–water partition coefficient (Wildman–Crippen LogP) is 4.46. The SMILES string of the molecule is COc1ccc(-c2ccc(C3=NCc4nnc(C)n4-c4sc(CO)c(C)c43)cc2)cc1. The normalized spacial score (nSPS) is 12.7. The van der Waals surface area contributed by atoms with Gasteiger partial charge in [-0.05, 0) is 42.7 Å². The maximum absolute atomic E-state index is 9.88. The van der Waals surface area contributed by atoms with E-state index in [4.69, 9.17) is 9.73 Å². The highest BCUT2D eigenvalue weighted by molar-refractivity contribution is 7.15. The van der Waals surface area contributed by atoms with Crippen LogP contribution in [0.4, 0.5) is 0 Å². The van der Waals surface area contributed by atoms with E-state index in [9.17, 15) is 5.11 Å². The fourth-order valence-corrected chi connectivity index (χ4v) is 5.21. The third kappa shape index (κ3) is 3.26. The van der Waals surface area contributed by atoms with Crippen LogP contribution >= 0.6 is 11.3 Å². The van der Waals surface area contributed by atoms with E-state index in [1.165, 1.54) is 0 Å². The molecule has 3 heterocycles. The maximum atomic E-state index is 9.88. The average Bonchev–Trinajstić information content (AvgIpc) is 3.28. The molecule has 5 rings (SSSR count). The zero-order chi connectivity index (χ0) is 21.5. The van der Waals surface area contributed by atoms with E-state index in [0.29, 0.717) is 6.54 Å². The summed E-state index contributed by atoms with van der Waals surface area (Å²) in [5, 5.41) is 19.5. The van der Waals surface area contributed by atoms with E-state index in [1.54, 1.807) is 18.4 Å². The molecule has 6 nitrogen and oxygen atoms in total. The number of hydrogen-bond donors (Lipinski definition) is 1. The Labute approximate surface area is 184 Å². The maximum Gasteiger partial charge on any atom is 0.160 e. The summed E-state index contributed by atoms with van der Waals surface area (Å²) in [4.78, 5) is 5.86. The summed E-state index contributed by atoms with van der Waals surface area (Å²) in [6.07, 6.45) is 0. The van der Waals surface area contributed by atoms with Crippen molar-refractivity contribution >= 4 is 17.0 Å². The van der Waals surface area contributed by atoms with Gasteiger partial charge in [0.15, 0.2) is 5.82 Å². The lowest BCUT2D eigenvalue weighted by Gasteiger charge is -2.10. The van der Waals surface area contributed by atoms with Gasteiger partial charge in [0.2, 0.25) is 0 Å². The number of aliphatic imine (C=N–C) groups is 1. The van der Waals surface area contributed by atoms with E-state index >= 15 is 0 Å². The van der Waals surface area contributed by atoms with Crippen LogP contribution in [0.3, 0.4) is 0 Å². The second-order valence-corrected chi connectivity index (χ2v) is 8.54. The molecule has 0 saturated carbocycles. The lowest BCUT2D eigenvalue weighted by molar-refractivity contribution is 0.285. The molecule has 2 aromatic carbocycles. The molecule has 0 spiro atoms. The van der Waals surface area contributed by atoms with Gasteiger partial charge in [0.25, 0.3) is 0 Å². The Kier molecular flexibility index (Phi) is 4.92. The number of methoxy groups -OCH3 is 1. The second-order valence-electron chi connectivity index (χ2n) is 7.46. The monoisotopic (exact) mass is 430 g/mol. The summed E-state index contributed by atoms with van der Waals surface area (Å²) >= 11 is 1.58. The van der Waals surface area contributed by atoms with Gasteiger partial charge in [-0.25, -0.2) is 0 Å². The number of fused-ring (bicyclic) bond motifs is 3. The van der Waals surface area contributed by atoms with Crippen molar-refractivity contribution < 1.29 is 9.84 Å². The molecule has 0 saturated heterocycles. The van der Waals surface area contributed by atoms with Crippen LogP contribution in [0.15, 0.2) is 53.5 Å². The highest BCUT2D eigenvalue weighted by atomic mass is 32.1. The lowest BCUT2D eigenvalue weighted by Crippen LogP contribution is -2.07. The van der Waals surface area contributed by atoms with Crippen LogP contribution in [0, 0.1) is 13.8 Å². The largest absolute Gasteiger partial charge is 0.497 e. The summed E-state index contributed by atoms with van der Waals surface area (Å²) in [5.74, 6) is 2.48. The highest BCUT2D eigenvalue weighted by Gasteiger charge is 2.27. The fourth-order valence-electron chi connectivity index (χ4n) is 3.97. The molecule has 4 aromatic rings. The Hall–Kier alpha value is -3.29. The van der Waals surface area contributed by atoms with E-state index in [-0.39, 0.29) is 6.61 Å². The number of aliphatic hydroxyl groups excluding tert-OH is 1. The van der Waals surface area contributed by atoms with Gasteiger partial charge < -0.3 is 9.84 Å². The zero-order valence-corrected chi connectivity index (χ0v) is 18.4. The number of benzene rings is 2. The number of ether oxygens (including phenoxy) is 1. The molecule has 156 valence electrons. The summed E-state index contributed by atoms with van der Waals surface area (Å²) in [6.45, 7) is 4.46. The third-order valence-corrected chi connectivity index (χ3v) is 6.92. The van der Waals surface area contributed by atoms with Gasteiger partial charge in [-0.2, -0.15) is 0 Å². The van der Waals surface area contributed by atoms with Crippen molar-refractivity contribution in [1.82, 2.24) is 14.8 Å². The first kappa shape index (κ1) is 19.7. The van der Waals surface area contributed by atoms with Gasteiger partial charge in [-0.15, -0.1) is 21.5 Å². The van der Waals surface area contributed by atoms with Gasteiger partial charge in [0, 0.05) is 16.0 Å². The number of thiophene rings is 1. The molecular weight excluding hydrogens is 408 g/mol. The van der Waals surface area contributed by atoms with Gasteiger partial charge in [-0.1, -0.05) is 36.4 Å². The molecule has 0 radical (unpaired) electrons. The number of aliphatic hydroxyl groups is 1. The number of hydrogen-bond acceptors (Lipinski definition) is 6. The Bertz CT molecular complexity index is 1280. The molecule has 1 N–H and O–H groups in total. The minimum absolute atomic E-state index is 0.00366. The molecular formula is C24H22N4O2S. The molecule has 2 aromatic heterocycles. The highest BCUT2D eigenvalue weighted by Crippen LogP contribution is 2.37. The van der Waals surface area contributed by atoms with Crippen molar-refractivity contribution in [3.8, 4) is 21.9 Å². The molecule has 7 heteroatoms. The average molecular weight is 431 g/mol. The fraction of sp³-hybridized carbons (Fsp3) is 0.208. The Morgan fingerprint density at radius 2 is 1.61 bits per heavy atom. The summed E-state index contributed by atoms with van der Waals surface area (Å²) in [7, 11) is 1.67. The standard InChI is InChI=1S/C24H22N4O2S/c1-14-20(13-29)31-24-22(14)23(25-12-21-27-26-15(2)28(21)24)18-6-4-16(5-7-18)17-8-10-19(30-3)11-9-17/h4-11,29H,12-13H2,1-3H3. The van der Waals surface area contributed by atoms with E-state index < -0.39 is 0 Å². The first-order chi connectivity index (χ1) is 15.1. The number of aromatic nitrogens is 3. The van der Waals surface area contributed by atoms with E-state index in [1.807, 2.05) is 26.0 Å². The molecule has 0 amide bonds. The van der Waals surface area contributed by atoms with Crippen LogP contribution < -0.4 is 4.74 Å². The van der Waals surface area contributed by atoms with Crippen LogP contribution in [-0.2, 0) is 13.2 Å². The van der Waals surface area contributed by atoms with Gasteiger partial charge in [-0.3, -0.25) is 9.56 Å². The van der Waals surface area contributed by atoms with Gasteiger partial charge >= 0.3 is 0 Å². The quantitative estimate of drug-likeness (QED) is 0.519. The van der Waals surface area contributed by atoms with Crippen LogP contribution in [0.25, 0.3) is 16.1 Å². The first-order valence-electron chi connectivity index (χ1n) is 10.0. The summed E-state index contributed by atoms with van der Waals surface area (Å²) in [5.41, 5.74) is 6.34. The molecule has 31 heavy (non-hydrogen) atoms. The molecule has 0 atom stereocenters. The van der Waals surface area contributed by atoms with Crippen LogP contribution in [0.5, 0.6) is 5.75 Å². The van der Waals surface area contributed by atoms with Crippen LogP contribution in [-0.4, -0.2) is 32.7 Å². The van der Waals surface area contributed by atoms with Crippen molar-refractivity contribution in [1.29, 1.82) is 0 Å². The number of rotatable bonds is 4. The number of aryl methyl sites for hydroxylation is 1. The molecule has 0 bridgehead atoms. The molecule has 0 fully saturated rings. The van der Waals surface area contributed by atoms with Crippen molar-refractivity contribution in [2.75, 3.05) is 7.11 Å². The summed E-state index contributed by atoms with van der Waals surface area (Å²) in [6, 6.07) is 16.5. The molecule has 0 unspecified atom stereocenters. The van der Waals surface area contributed by atoms with Crippen molar-refractivity contribution in [3.05, 3.63) is 81.7 Å². The van der Waals surface area contributed by atoms with Gasteiger partial charge in [0.1, 0.15) is 23.1 Å². The second kappa shape index (κ2) is 7.76.